The van der Waals surface area contributed by atoms with Crippen LogP contribution in [-0.2, 0) is 4.79 Å². The van der Waals surface area contributed by atoms with Gasteiger partial charge in [-0.25, -0.2) is 20.4 Å². The van der Waals surface area contributed by atoms with E-state index in [0.717, 1.165) is 0 Å². The SMILES string of the molecule is CCC(=O)Nc1cc(-c2nc(C3=NCNN3)c(-c3ccccc3Cl)o2)ccn1. The summed E-state index contributed by atoms with van der Waals surface area (Å²) < 4.78 is 6.08. The summed E-state index contributed by atoms with van der Waals surface area (Å²) in [4.78, 5) is 24.8. The predicted molar refractivity (Wildman–Crippen MR) is 107 cm³/mol. The second-order valence-corrected chi connectivity index (χ2v) is 6.38. The molecule has 0 fully saturated rings. The second kappa shape index (κ2) is 7.79. The van der Waals surface area contributed by atoms with Crippen LogP contribution in [-0.4, -0.2) is 28.4 Å². The monoisotopic (exact) mass is 396 g/mol. The normalized spacial score (nSPS) is 13.1. The average Bonchev–Trinajstić information content (AvgIpc) is 3.38. The first-order valence-electron chi connectivity index (χ1n) is 8.71. The molecule has 0 radical (unpaired) electrons. The smallest absolute Gasteiger partial charge is 0.227 e. The molecule has 0 saturated carbocycles. The lowest BCUT2D eigenvalue weighted by atomic mass is 10.1. The maximum absolute atomic E-state index is 11.6. The number of hydrazine groups is 1. The summed E-state index contributed by atoms with van der Waals surface area (Å²) in [5, 5.41) is 3.28. The zero-order chi connectivity index (χ0) is 19.5. The van der Waals surface area contributed by atoms with Gasteiger partial charge in [-0.05, 0) is 24.3 Å². The number of oxazole rings is 1. The fraction of sp³-hybridized carbons (Fsp3) is 0.158. The van der Waals surface area contributed by atoms with Crippen LogP contribution in [0.2, 0.25) is 5.02 Å². The Kier molecular flexibility index (Phi) is 5.05. The topological polar surface area (TPSA) is 104 Å². The maximum Gasteiger partial charge on any atom is 0.227 e. The number of hydrogen-bond acceptors (Lipinski definition) is 7. The first kappa shape index (κ1) is 18.1. The second-order valence-electron chi connectivity index (χ2n) is 5.97. The molecule has 28 heavy (non-hydrogen) atoms. The molecule has 4 rings (SSSR count). The molecule has 3 N–H and O–H groups in total. The molecule has 8 nitrogen and oxygen atoms in total. The number of carbonyl (C=O) groups excluding carboxylic acids is 1. The molecule has 2 aromatic heterocycles. The van der Waals surface area contributed by atoms with Crippen molar-refractivity contribution in [2.24, 2.45) is 4.99 Å². The molecule has 0 spiro atoms. The molecule has 1 aliphatic heterocycles. The van der Waals surface area contributed by atoms with Crippen molar-refractivity contribution in [2.45, 2.75) is 13.3 Å². The number of carbonyl (C=O) groups is 1. The van der Waals surface area contributed by atoms with Crippen LogP contribution in [0.3, 0.4) is 0 Å². The number of amidine groups is 1. The van der Waals surface area contributed by atoms with Gasteiger partial charge in [-0.1, -0.05) is 30.7 Å². The Labute approximate surface area is 166 Å². The van der Waals surface area contributed by atoms with Gasteiger partial charge in [0.25, 0.3) is 0 Å². The number of nitrogens with zero attached hydrogens (tertiary/aromatic N) is 3. The summed E-state index contributed by atoms with van der Waals surface area (Å²) in [6, 6.07) is 10.8. The highest BCUT2D eigenvalue weighted by Gasteiger charge is 2.24. The van der Waals surface area contributed by atoms with Crippen LogP contribution in [0, 0.1) is 0 Å². The summed E-state index contributed by atoms with van der Waals surface area (Å²) in [6.07, 6.45) is 1.96. The summed E-state index contributed by atoms with van der Waals surface area (Å²) in [7, 11) is 0. The molecule has 3 aromatic rings. The number of amides is 1. The van der Waals surface area contributed by atoms with Crippen LogP contribution in [0.15, 0.2) is 52.0 Å². The van der Waals surface area contributed by atoms with Gasteiger partial charge in [0.15, 0.2) is 17.3 Å². The standard InChI is InChI=1S/C19H17ClN6O2/c1-2-15(27)24-14-9-11(7-8-21-14)19-25-16(18-22-10-23-26-18)17(28-19)12-5-3-4-6-13(12)20/h3-9,23H,2,10H2,1H3,(H,22,26)(H,21,24,27). The van der Waals surface area contributed by atoms with E-state index in [1.54, 1.807) is 31.3 Å². The van der Waals surface area contributed by atoms with Crippen molar-refractivity contribution < 1.29 is 9.21 Å². The Balaban J connectivity index is 1.79. The van der Waals surface area contributed by atoms with Gasteiger partial charge in [0.05, 0.1) is 5.02 Å². The van der Waals surface area contributed by atoms with E-state index < -0.39 is 0 Å². The molecule has 142 valence electrons. The highest BCUT2D eigenvalue weighted by atomic mass is 35.5. The Morgan fingerprint density at radius 2 is 2.18 bits per heavy atom. The number of nitrogens with one attached hydrogen (secondary N) is 3. The largest absolute Gasteiger partial charge is 0.435 e. The van der Waals surface area contributed by atoms with Crippen molar-refractivity contribution in [3.63, 3.8) is 0 Å². The quantitative estimate of drug-likeness (QED) is 0.611. The van der Waals surface area contributed by atoms with Crippen molar-refractivity contribution in [1.82, 2.24) is 20.8 Å². The van der Waals surface area contributed by atoms with Gasteiger partial charge in [-0.15, -0.1) is 0 Å². The van der Waals surface area contributed by atoms with Crippen LogP contribution >= 0.6 is 11.6 Å². The van der Waals surface area contributed by atoms with Crippen molar-refractivity contribution >= 4 is 29.2 Å². The molecule has 1 aliphatic rings. The van der Waals surface area contributed by atoms with Crippen LogP contribution in [0.25, 0.3) is 22.8 Å². The number of rotatable bonds is 5. The van der Waals surface area contributed by atoms with Gasteiger partial charge in [0.2, 0.25) is 11.8 Å². The van der Waals surface area contributed by atoms with Gasteiger partial charge >= 0.3 is 0 Å². The highest BCUT2D eigenvalue weighted by Crippen LogP contribution is 2.34. The molecule has 1 aromatic carbocycles. The third-order valence-corrected chi connectivity index (χ3v) is 4.42. The summed E-state index contributed by atoms with van der Waals surface area (Å²) in [5.74, 6) is 1.76. The molecule has 3 heterocycles. The summed E-state index contributed by atoms with van der Waals surface area (Å²) >= 11 is 6.37. The number of pyridine rings is 1. The summed E-state index contributed by atoms with van der Waals surface area (Å²) in [5.41, 5.74) is 7.83. The first-order chi connectivity index (χ1) is 13.7. The van der Waals surface area contributed by atoms with Gasteiger partial charge in [-0.2, -0.15) is 0 Å². The van der Waals surface area contributed by atoms with Gasteiger partial charge in [0, 0.05) is 23.7 Å². The molecule has 0 bridgehead atoms. The third kappa shape index (κ3) is 3.60. The van der Waals surface area contributed by atoms with E-state index in [2.05, 4.69) is 31.1 Å². The van der Waals surface area contributed by atoms with E-state index in [-0.39, 0.29) is 5.91 Å². The van der Waals surface area contributed by atoms with Gasteiger partial charge in [0.1, 0.15) is 12.5 Å². The predicted octanol–water partition coefficient (Wildman–Crippen LogP) is 3.22. The zero-order valence-corrected chi connectivity index (χ0v) is 15.7. The molecule has 0 atom stereocenters. The van der Waals surface area contributed by atoms with Crippen molar-refractivity contribution in [3.05, 3.63) is 53.3 Å². The van der Waals surface area contributed by atoms with Gasteiger partial charge in [-0.3, -0.25) is 4.79 Å². The highest BCUT2D eigenvalue weighted by molar-refractivity contribution is 6.33. The molecule has 0 aliphatic carbocycles. The Hall–Kier alpha value is -3.23. The Morgan fingerprint density at radius 3 is 2.93 bits per heavy atom. The molecule has 9 heteroatoms. The lowest BCUT2D eigenvalue weighted by Gasteiger charge is -2.04. The lowest BCUT2D eigenvalue weighted by Crippen LogP contribution is -2.30. The fourth-order valence-corrected chi connectivity index (χ4v) is 2.93. The number of halogens is 1. The molecule has 1 amide bonds. The van der Waals surface area contributed by atoms with E-state index >= 15 is 0 Å². The molecular formula is C19H17ClN6O2. The van der Waals surface area contributed by atoms with E-state index in [1.807, 2.05) is 18.2 Å². The Bertz CT molecular complexity index is 1060. The average molecular weight is 397 g/mol. The molecule has 0 saturated heterocycles. The van der Waals surface area contributed by atoms with Gasteiger partial charge < -0.3 is 15.2 Å². The van der Waals surface area contributed by atoms with Crippen LogP contribution in [0.1, 0.15) is 19.0 Å². The minimum Gasteiger partial charge on any atom is -0.435 e. The molecule has 0 unspecified atom stereocenters. The van der Waals surface area contributed by atoms with Crippen molar-refractivity contribution in [2.75, 3.05) is 12.0 Å². The maximum atomic E-state index is 11.6. The van der Waals surface area contributed by atoms with E-state index in [1.165, 1.54) is 0 Å². The minimum absolute atomic E-state index is 0.120. The first-order valence-corrected chi connectivity index (χ1v) is 9.09. The minimum atomic E-state index is -0.120. The van der Waals surface area contributed by atoms with Crippen molar-refractivity contribution in [3.8, 4) is 22.8 Å². The number of benzene rings is 1. The third-order valence-electron chi connectivity index (χ3n) is 4.09. The lowest BCUT2D eigenvalue weighted by molar-refractivity contribution is -0.115. The van der Waals surface area contributed by atoms with E-state index in [4.69, 9.17) is 16.0 Å². The number of anilines is 1. The van der Waals surface area contributed by atoms with E-state index in [0.29, 0.717) is 58.2 Å². The van der Waals surface area contributed by atoms with Crippen LogP contribution in [0.5, 0.6) is 0 Å². The zero-order valence-electron chi connectivity index (χ0n) is 15.0. The molecular weight excluding hydrogens is 380 g/mol. The Morgan fingerprint density at radius 1 is 1.32 bits per heavy atom. The van der Waals surface area contributed by atoms with Crippen molar-refractivity contribution in [1.29, 1.82) is 0 Å². The fourth-order valence-electron chi connectivity index (χ4n) is 2.71. The number of aliphatic imine (C=N–C) groups is 1. The number of hydrogen-bond donors (Lipinski definition) is 3. The van der Waals surface area contributed by atoms with E-state index in [9.17, 15) is 4.79 Å². The van der Waals surface area contributed by atoms with Crippen LogP contribution < -0.4 is 16.2 Å². The number of aromatic nitrogens is 2. The summed E-state index contributed by atoms with van der Waals surface area (Å²) in [6.45, 7) is 2.21. The van der Waals surface area contributed by atoms with Crippen LogP contribution in [0.4, 0.5) is 5.82 Å².